The highest BCUT2D eigenvalue weighted by Crippen LogP contribution is 2.29. The molecule has 1 aliphatic heterocycles. The standard InChI is InChI=1S/C13H16N2O6/c1-8-7-21-10(6-16)5-14(8)12-4-9(15(19)20)2-3-11(12)13(17)18/h2-4,8,10,16H,5-7H2,1H3,(H,17,18). The topological polar surface area (TPSA) is 113 Å². The smallest absolute Gasteiger partial charge is 0.337 e. The molecule has 8 nitrogen and oxygen atoms in total. The highest BCUT2D eigenvalue weighted by Gasteiger charge is 2.29. The van der Waals surface area contributed by atoms with Gasteiger partial charge in [0.1, 0.15) is 0 Å². The minimum absolute atomic E-state index is 0.00830. The van der Waals surface area contributed by atoms with Crippen molar-refractivity contribution in [2.45, 2.75) is 19.1 Å². The fourth-order valence-electron chi connectivity index (χ4n) is 2.32. The summed E-state index contributed by atoms with van der Waals surface area (Å²) in [4.78, 5) is 23.4. The number of aliphatic hydroxyl groups excluding tert-OH is 1. The van der Waals surface area contributed by atoms with Crippen molar-refractivity contribution in [1.29, 1.82) is 0 Å². The molecule has 0 aromatic heterocycles. The lowest BCUT2D eigenvalue weighted by Gasteiger charge is -2.39. The highest BCUT2D eigenvalue weighted by atomic mass is 16.6. The molecule has 8 heteroatoms. The van der Waals surface area contributed by atoms with Gasteiger partial charge in [0, 0.05) is 24.7 Å². The van der Waals surface area contributed by atoms with Gasteiger partial charge in [-0.1, -0.05) is 0 Å². The Kier molecular flexibility index (Phi) is 4.39. The molecule has 114 valence electrons. The maximum atomic E-state index is 11.3. The van der Waals surface area contributed by atoms with E-state index < -0.39 is 17.0 Å². The van der Waals surface area contributed by atoms with Gasteiger partial charge < -0.3 is 19.8 Å². The first-order valence-corrected chi connectivity index (χ1v) is 6.45. The molecule has 2 unspecified atom stereocenters. The summed E-state index contributed by atoms with van der Waals surface area (Å²) in [6.07, 6.45) is -0.442. The van der Waals surface area contributed by atoms with Crippen LogP contribution in [0.4, 0.5) is 11.4 Å². The third-order valence-corrected chi connectivity index (χ3v) is 3.44. The quantitative estimate of drug-likeness (QED) is 0.626. The van der Waals surface area contributed by atoms with Gasteiger partial charge in [0.05, 0.1) is 35.5 Å². The number of benzene rings is 1. The Morgan fingerprint density at radius 3 is 2.86 bits per heavy atom. The summed E-state index contributed by atoms with van der Waals surface area (Å²) in [6.45, 7) is 2.23. The van der Waals surface area contributed by atoms with E-state index in [9.17, 15) is 25.1 Å². The second-order valence-corrected chi connectivity index (χ2v) is 4.90. The first-order chi connectivity index (χ1) is 9.93. The highest BCUT2D eigenvalue weighted by molar-refractivity contribution is 5.95. The number of nitro groups is 1. The molecule has 1 aliphatic rings. The molecule has 21 heavy (non-hydrogen) atoms. The van der Waals surface area contributed by atoms with Crippen LogP contribution in [-0.4, -0.2) is 53.0 Å². The van der Waals surface area contributed by atoms with Crippen molar-refractivity contribution in [2.75, 3.05) is 24.7 Å². The average Bonchev–Trinajstić information content (AvgIpc) is 2.47. The zero-order chi connectivity index (χ0) is 15.6. The third-order valence-electron chi connectivity index (χ3n) is 3.44. The zero-order valence-electron chi connectivity index (χ0n) is 11.4. The molecule has 0 saturated carbocycles. The number of hydrogen-bond acceptors (Lipinski definition) is 6. The third kappa shape index (κ3) is 3.11. The van der Waals surface area contributed by atoms with Gasteiger partial charge in [0.2, 0.25) is 0 Å². The van der Waals surface area contributed by atoms with Crippen LogP contribution in [-0.2, 0) is 4.74 Å². The Morgan fingerprint density at radius 1 is 1.57 bits per heavy atom. The Hall–Kier alpha value is -2.19. The van der Waals surface area contributed by atoms with E-state index in [1.54, 1.807) is 4.90 Å². The van der Waals surface area contributed by atoms with Crippen LogP contribution in [0, 0.1) is 10.1 Å². The number of morpholine rings is 1. The van der Waals surface area contributed by atoms with Crippen molar-refractivity contribution in [3.8, 4) is 0 Å². The number of carboxylic acids is 1. The van der Waals surface area contributed by atoms with Crippen LogP contribution < -0.4 is 4.90 Å². The number of anilines is 1. The number of rotatable bonds is 4. The van der Waals surface area contributed by atoms with Crippen molar-refractivity contribution in [3.05, 3.63) is 33.9 Å². The number of carbonyl (C=O) groups is 1. The molecule has 2 rings (SSSR count). The van der Waals surface area contributed by atoms with Gasteiger partial charge >= 0.3 is 5.97 Å². The normalized spacial score (nSPS) is 22.1. The Labute approximate surface area is 120 Å². The van der Waals surface area contributed by atoms with E-state index in [1.807, 2.05) is 6.92 Å². The largest absolute Gasteiger partial charge is 0.478 e. The fourth-order valence-corrected chi connectivity index (χ4v) is 2.32. The van der Waals surface area contributed by atoms with E-state index in [4.69, 9.17) is 4.74 Å². The van der Waals surface area contributed by atoms with Gasteiger partial charge in [-0.2, -0.15) is 0 Å². The number of ether oxygens (including phenoxy) is 1. The lowest BCUT2D eigenvalue weighted by Crippen LogP contribution is -2.50. The van der Waals surface area contributed by atoms with Gasteiger partial charge in [-0.25, -0.2) is 4.79 Å². The van der Waals surface area contributed by atoms with Crippen LogP contribution in [0.5, 0.6) is 0 Å². The molecule has 1 aromatic carbocycles. The first-order valence-electron chi connectivity index (χ1n) is 6.45. The molecule has 2 atom stereocenters. The number of nitro benzene ring substituents is 1. The number of hydrogen-bond donors (Lipinski definition) is 2. The summed E-state index contributed by atoms with van der Waals surface area (Å²) in [7, 11) is 0. The summed E-state index contributed by atoms with van der Waals surface area (Å²) in [5, 5.41) is 29.3. The second kappa shape index (κ2) is 6.06. The second-order valence-electron chi connectivity index (χ2n) is 4.90. The molecular weight excluding hydrogens is 280 g/mol. The average molecular weight is 296 g/mol. The molecule has 0 amide bonds. The monoisotopic (exact) mass is 296 g/mol. The SMILES string of the molecule is CC1COC(CO)CN1c1cc([N+](=O)[O-])ccc1C(=O)O. The van der Waals surface area contributed by atoms with Crippen molar-refractivity contribution >= 4 is 17.3 Å². The van der Waals surface area contributed by atoms with E-state index in [-0.39, 0.29) is 36.1 Å². The molecule has 0 aliphatic carbocycles. The molecule has 0 bridgehead atoms. The number of non-ortho nitro benzene ring substituents is 1. The van der Waals surface area contributed by atoms with Gasteiger partial charge in [-0.05, 0) is 13.0 Å². The van der Waals surface area contributed by atoms with Gasteiger partial charge in [-0.3, -0.25) is 10.1 Å². The minimum Gasteiger partial charge on any atom is -0.478 e. The summed E-state index contributed by atoms with van der Waals surface area (Å²) >= 11 is 0. The Balaban J connectivity index is 2.45. The number of nitrogens with zero attached hydrogens (tertiary/aromatic N) is 2. The number of carboxylic acid groups (broad SMARTS) is 1. The Morgan fingerprint density at radius 2 is 2.29 bits per heavy atom. The molecule has 2 N–H and O–H groups in total. The molecule has 1 heterocycles. The first kappa shape index (κ1) is 15.2. The van der Waals surface area contributed by atoms with Crippen molar-refractivity contribution in [1.82, 2.24) is 0 Å². The van der Waals surface area contributed by atoms with E-state index in [0.717, 1.165) is 0 Å². The van der Waals surface area contributed by atoms with Gasteiger partial charge in [-0.15, -0.1) is 0 Å². The predicted molar refractivity (Wildman–Crippen MR) is 73.7 cm³/mol. The zero-order valence-corrected chi connectivity index (χ0v) is 11.4. The summed E-state index contributed by atoms with van der Waals surface area (Å²) < 4.78 is 5.40. The van der Waals surface area contributed by atoms with E-state index in [0.29, 0.717) is 6.61 Å². The van der Waals surface area contributed by atoms with E-state index in [2.05, 4.69) is 0 Å². The predicted octanol–water partition coefficient (Wildman–Crippen LogP) is 0.879. The van der Waals surface area contributed by atoms with Crippen LogP contribution in [0.2, 0.25) is 0 Å². The lowest BCUT2D eigenvalue weighted by molar-refractivity contribution is -0.384. The van der Waals surface area contributed by atoms with E-state index >= 15 is 0 Å². The fraction of sp³-hybridized carbons (Fsp3) is 0.462. The number of aliphatic hydroxyl groups is 1. The van der Waals surface area contributed by atoms with E-state index in [1.165, 1.54) is 18.2 Å². The van der Waals surface area contributed by atoms with Gasteiger partial charge in [0.15, 0.2) is 0 Å². The lowest BCUT2D eigenvalue weighted by atomic mass is 10.1. The minimum atomic E-state index is -1.15. The van der Waals surface area contributed by atoms with Crippen LogP contribution in [0.15, 0.2) is 18.2 Å². The molecule has 1 fully saturated rings. The molecule has 1 saturated heterocycles. The van der Waals surface area contributed by atoms with Crippen molar-refractivity contribution in [3.63, 3.8) is 0 Å². The number of aromatic carboxylic acids is 1. The maximum Gasteiger partial charge on any atom is 0.337 e. The Bertz CT molecular complexity index is 562. The molecular formula is C13H16N2O6. The van der Waals surface area contributed by atoms with Gasteiger partial charge in [0.25, 0.3) is 5.69 Å². The van der Waals surface area contributed by atoms with Crippen LogP contribution in [0.1, 0.15) is 17.3 Å². The van der Waals surface area contributed by atoms with Crippen LogP contribution in [0.25, 0.3) is 0 Å². The van der Waals surface area contributed by atoms with Crippen molar-refractivity contribution < 1.29 is 24.7 Å². The van der Waals surface area contributed by atoms with Crippen LogP contribution in [0.3, 0.4) is 0 Å². The molecule has 0 radical (unpaired) electrons. The maximum absolute atomic E-state index is 11.3. The summed E-state index contributed by atoms with van der Waals surface area (Å²) in [5.74, 6) is -1.15. The summed E-state index contributed by atoms with van der Waals surface area (Å²) in [5.41, 5.74) is 0.0891. The summed E-state index contributed by atoms with van der Waals surface area (Å²) in [6, 6.07) is 3.50. The molecule has 1 aromatic rings. The van der Waals surface area contributed by atoms with Crippen LogP contribution >= 0.6 is 0 Å². The van der Waals surface area contributed by atoms with Crippen molar-refractivity contribution in [2.24, 2.45) is 0 Å². The molecule has 0 spiro atoms.